The Morgan fingerprint density at radius 3 is 2.89 bits per heavy atom. The minimum Gasteiger partial charge on any atom is -0.492 e. The summed E-state index contributed by atoms with van der Waals surface area (Å²) in [6, 6.07) is 2.62. The Morgan fingerprint density at radius 2 is 2.21 bits per heavy atom. The molecule has 1 fully saturated rings. The number of piperidine rings is 1. The van der Waals surface area contributed by atoms with E-state index in [1.54, 1.807) is 0 Å². The molecule has 0 spiro atoms. The van der Waals surface area contributed by atoms with Crippen molar-refractivity contribution < 1.29 is 4.74 Å². The number of rotatable bonds is 4. The lowest BCUT2D eigenvalue weighted by Gasteiger charge is -2.23. The molecule has 0 bridgehead atoms. The van der Waals surface area contributed by atoms with Crippen molar-refractivity contribution in [3.63, 3.8) is 0 Å². The van der Waals surface area contributed by atoms with Crippen LogP contribution in [0.3, 0.4) is 0 Å². The van der Waals surface area contributed by atoms with Crippen LogP contribution in [-0.2, 0) is 0 Å². The Hall–Kier alpha value is -0.250. The van der Waals surface area contributed by atoms with E-state index in [2.05, 4.69) is 21.2 Å². The van der Waals surface area contributed by atoms with Crippen molar-refractivity contribution >= 4 is 27.5 Å². The van der Waals surface area contributed by atoms with Gasteiger partial charge in [-0.15, -0.1) is 0 Å². The van der Waals surface area contributed by atoms with Crippen LogP contribution in [0, 0.1) is 13.8 Å². The minimum atomic E-state index is 0.613. The van der Waals surface area contributed by atoms with Crippen molar-refractivity contribution in [2.45, 2.75) is 45.6 Å². The average molecular weight is 347 g/mol. The molecule has 0 aliphatic carbocycles. The molecule has 1 aromatic carbocycles. The number of benzene rings is 1. The van der Waals surface area contributed by atoms with Crippen LogP contribution in [0.15, 0.2) is 10.5 Å². The number of nitrogens with one attached hydrogen (secondary N) is 1. The molecule has 1 heterocycles. The second-order valence-corrected chi connectivity index (χ2v) is 6.40. The molecule has 1 atom stereocenters. The van der Waals surface area contributed by atoms with Gasteiger partial charge < -0.3 is 10.1 Å². The van der Waals surface area contributed by atoms with Gasteiger partial charge in [-0.05, 0) is 72.8 Å². The van der Waals surface area contributed by atoms with E-state index >= 15 is 0 Å². The molecule has 0 amide bonds. The summed E-state index contributed by atoms with van der Waals surface area (Å²) >= 11 is 9.78. The monoisotopic (exact) mass is 345 g/mol. The molecule has 106 valence electrons. The molecule has 1 saturated heterocycles. The summed E-state index contributed by atoms with van der Waals surface area (Å²) in [7, 11) is 0. The zero-order chi connectivity index (χ0) is 13.8. The van der Waals surface area contributed by atoms with Crippen LogP contribution in [-0.4, -0.2) is 19.2 Å². The maximum Gasteiger partial charge on any atom is 0.134 e. The molecule has 0 radical (unpaired) electrons. The maximum absolute atomic E-state index is 6.22. The van der Waals surface area contributed by atoms with E-state index < -0.39 is 0 Å². The van der Waals surface area contributed by atoms with Gasteiger partial charge in [0.15, 0.2) is 0 Å². The zero-order valence-electron chi connectivity index (χ0n) is 11.6. The molecular formula is C15H21BrClNO. The third-order valence-corrected chi connectivity index (χ3v) is 5.27. The first-order chi connectivity index (χ1) is 9.09. The van der Waals surface area contributed by atoms with Gasteiger partial charge in [0, 0.05) is 11.1 Å². The van der Waals surface area contributed by atoms with E-state index in [1.165, 1.54) is 19.3 Å². The second-order valence-electron chi connectivity index (χ2n) is 5.23. The van der Waals surface area contributed by atoms with Gasteiger partial charge in [0.2, 0.25) is 0 Å². The first-order valence-electron chi connectivity index (χ1n) is 6.91. The van der Waals surface area contributed by atoms with Crippen molar-refractivity contribution in [2.75, 3.05) is 13.2 Å². The van der Waals surface area contributed by atoms with Crippen molar-refractivity contribution in [3.05, 3.63) is 26.7 Å². The first-order valence-corrected chi connectivity index (χ1v) is 8.08. The number of ether oxygens (including phenoxy) is 1. The van der Waals surface area contributed by atoms with Gasteiger partial charge in [0.1, 0.15) is 5.75 Å². The van der Waals surface area contributed by atoms with Crippen molar-refractivity contribution in [1.29, 1.82) is 0 Å². The maximum atomic E-state index is 6.22. The number of aryl methyl sites for hydroxylation is 1. The predicted molar refractivity (Wildman–Crippen MR) is 84.4 cm³/mol. The largest absolute Gasteiger partial charge is 0.492 e. The molecule has 1 aliphatic rings. The normalized spacial score (nSPS) is 19.5. The van der Waals surface area contributed by atoms with Gasteiger partial charge in [0.25, 0.3) is 0 Å². The fourth-order valence-corrected chi connectivity index (χ4v) is 3.18. The Balaban J connectivity index is 1.92. The number of hydrogen-bond acceptors (Lipinski definition) is 2. The highest BCUT2D eigenvalue weighted by atomic mass is 79.9. The van der Waals surface area contributed by atoms with E-state index in [0.717, 1.165) is 45.9 Å². The number of hydrogen-bond donors (Lipinski definition) is 1. The SMILES string of the molecule is Cc1cc(OCC[C@H]2CCCCN2)c(Br)c(C)c1Cl. The highest BCUT2D eigenvalue weighted by Gasteiger charge is 2.14. The Labute approximate surface area is 129 Å². The van der Waals surface area contributed by atoms with E-state index in [1.807, 2.05) is 19.9 Å². The third kappa shape index (κ3) is 3.87. The Morgan fingerprint density at radius 1 is 1.42 bits per heavy atom. The summed E-state index contributed by atoms with van der Waals surface area (Å²) in [5, 5.41) is 4.35. The van der Waals surface area contributed by atoms with E-state index in [-0.39, 0.29) is 0 Å². The van der Waals surface area contributed by atoms with Crippen molar-refractivity contribution in [3.8, 4) is 5.75 Å². The highest BCUT2D eigenvalue weighted by Crippen LogP contribution is 2.35. The van der Waals surface area contributed by atoms with Crippen LogP contribution >= 0.6 is 27.5 Å². The lowest BCUT2D eigenvalue weighted by molar-refractivity contribution is 0.267. The predicted octanol–water partition coefficient (Wildman–Crippen LogP) is 4.63. The van der Waals surface area contributed by atoms with Crippen LogP contribution in [0.1, 0.15) is 36.8 Å². The van der Waals surface area contributed by atoms with Gasteiger partial charge in [-0.25, -0.2) is 0 Å². The average Bonchev–Trinajstić information content (AvgIpc) is 2.43. The summed E-state index contributed by atoms with van der Waals surface area (Å²) < 4.78 is 6.88. The van der Waals surface area contributed by atoms with Crippen LogP contribution in [0.4, 0.5) is 0 Å². The molecule has 0 saturated carbocycles. The first kappa shape index (κ1) is 15.1. The molecular weight excluding hydrogens is 326 g/mol. The van der Waals surface area contributed by atoms with Crippen molar-refractivity contribution in [2.24, 2.45) is 0 Å². The van der Waals surface area contributed by atoms with Crippen LogP contribution < -0.4 is 10.1 Å². The molecule has 1 aromatic rings. The molecule has 4 heteroatoms. The molecule has 2 rings (SSSR count). The third-order valence-electron chi connectivity index (χ3n) is 3.70. The quantitative estimate of drug-likeness (QED) is 0.858. The topological polar surface area (TPSA) is 21.3 Å². The molecule has 1 N–H and O–H groups in total. The lowest BCUT2D eigenvalue weighted by atomic mass is 10.0. The molecule has 0 unspecified atom stereocenters. The van der Waals surface area contributed by atoms with Crippen LogP contribution in [0.5, 0.6) is 5.75 Å². The fraction of sp³-hybridized carbons (Fsp3) is 0.600. The fourth-order valence-electron chi connectivity index (χ4n) is 2.49. The van der Waals surface area contributed by atoms with E-state index in [9.17, 15) is 0 Å². The van der Waals surface area contributed by atoms with Gasteiger partial charge in [0.05, 0.1) is 11.1 Å². The molecule has 2 nitrogen and oxygen atoms in total. The van der Waals surface area contributed by atoms with Gasteiger partial charge in [-0.1, -0.05) is 18.0 Å². The van der Waals surface area contributed by atoms with E-state index in [0.29, 0.717) is 6.04 Å². The molecule has 0 aromatic heterocycles. The number of halogens is 2. The van der Waals surface area contributed by atoms with Crippen LogP contribution in [0.25, 0.3) is 0 Å². The summed E-state index contributed by atoms with van der Waals surface area (Å²) in [6.45, 7) is 5.91. The summed E-state index contributed by atoms with van der Waals surface area (Å²) in [5.41, 5.74) is 2.11. The summed E-state index contributed by atoms with van der Waals surface area (Å²) in [4.78, 5) is 0. The van der Waals surface area contributed by atoms with Gasteiger partial charge in [-0.2, -0.15) is 0 Å². The zero-order valence-corrected chi connectivity index (χ0v) is 13.9. The van der Waals surface area contributed by atoms with E-state index in [4.69, 9.17) is 16.3 Å². The second kappa shape index (κ2) is 6.96. The molecule has 19 heavy (non-hydrogen) atoms. The summed E-state index contributed by atoms with van der Waals surface area (Å²) in [5.74, 6) is 0.898. The minimum absolute atomic E-state index is 0.613. The van der Waals surface area contributed by atoms with Crippen molar-refractivity contribution in [1.82, 2.24) is 5.32 Å². The standard InChI is InChI=1S/C15H21BrClNO/c1-10-9-13(14(16)11(2)15(10)17)19-8-6-12-5-3-4-7-18-12/h9,12,18H,3-8H2,1-2H3/t12-/m1/s1. The Bertz CT molecular complexity index is 444. The Kier molecular flexibility index (Phi) is 5.55. The van der Waals surface area contributed by atoms with Gasteiger partial charge in [-0.3, -0.25) is 0 Å². The molecule has 1 aliphatic heterocycles. The highest BCUT2D eigenvalue weighted by molar-refractivity contribution is 9.10. The summed E-state index contributed by atoms with van der Waals surface area (Å²) in [6.07, 6.45) is 4.97. The van der Waals surface area contributed by atoms with Gasteiger partial charge >= 0.3 is 0 Å². The smallest absolute Gasteiger partial charge is 0.134 e. The lowest BCUT2D eigenvalue weighted by Crippen LogP contribution is -2.35. The van der Waals surface area contributed by atoms with Crippen LogP contribution in [0.2, 0.25) is 5.02 Å².